The number of hydrazone groups is 1. The highest BCUT2D eigenvalue weighted by molar-refractivity contribution is 7.92. The molecule has 0 unspecified atom stereocenters. The number of rotatable bonds is 8. The fourth-order valence-electron chi connectivity index (χ4n) is 3.23. The first-order chi connectivity index (χ1) is 15.7. The number of amides is 1. The molecule has 172 valence electrons. The SMILES string of the molecule is Cc1cccc(N(CC(=O)N/N=C\c2ccc(N(C)C)cc2)S(=O)(=O)c2ccccc2)c1C. The molecule has 0 radical (unpaired) electrons. The summed E-state index contributed by atoms with van der Waals surface area (Å²) >= 11 is 0. The Morgan fingerprint density at radius 1 is 0.939 bits per heavy atom. The van der Waals surface area contributed by atoms with Crippen LogP contribution in [-0.2, 0) is 14.8 Å². The number of benzene rings is 3. The summed E-state index contributed by atoms with van der Waals surface area (Å²) in [4.78, 5) is 14.8. The van der Waals surface area contributed by atoms with Crippen LogP contribution in [-0.4, -0.2) is 41.2 Å². The summed E-state index contributed by atoms with van der Waals surface area (Å²) in [5.74, 6) is -0.545. The lowest BCUT2D eigenvalue weighted by atomic mass is 10.1. The summed E-state index contributed by atoms with van der Waals surface area (Å²) in [5.41, 5.74) is 6.47. The van der Waals surface area contributed by atoms with Crippen LogP contribution in [0.2, 0.25) is 0 Å². The monoisotopic (exact) mass is 464 g/mol. The van der Waals surface area contributed by atoms with Crippen molar-refractivity contribution >= 4 is 33.5 Å². The summed E-state index contributed by atoms with van der Waals surface area (Å²) in [6, 6.07) is 21.1. The van der Waals surface area contributed by atoms with Crippen molar-refractivity contribution in [2.45, 2.75) is 18.7 Å². The third-order valence-electron chi connectivity index (χ3n) is 5.28. The van der Waals surface area contributed by atoms with Gasteiger partial charge in [-0.15, -0.1) is 0 Å². The molecule has 7 nitrogen and oxygen atoms in total. The molecule has 0 fully saturated rings. The molecule has 0 aliphatic heterocycles. The van der Waals surface area contributed by atoms with Gasteiger partial charge in [0.1, 0.15) is 6.54 Å². The van der Waals surface area contributed by atoms with Crippen molar-refractivity contribution in [3.63, 3.8) is 0 Å². The first kappa shape index (κ1) is 24.0. The summed E-state index contributed by atoms with van der Waals surface area (Å²) in [6.45, 7) is 3.34. The lowest BCUT2D eigenvalue weighted by Crippen LogP contribution is -2.40. The lowest BCUT2D eigenvalue weighted by Gasteiger charge is -2.26. The fraction of sp³-hybridized carbons (Fsp3) is 0.200. The van der Waals surface area contributed by atoms with Crippen molar-refractivity contribution in [1.29, 1.82) is 0 Å². The summed E-state index contributed by atoms with van der Waals surface area (Å²) < 4.78 is 28.0. The van der Waals surface area contributed by atoms with Crippen LogP contribution in [0.25, 0.3) is 0 Å². The van der Waals surface area contributed by atoms with Crippen molar-refractivity contribution in [1.82, 2.24) is 5.43 Å². The van der Waals surface area contributed by atoms with Gasteiger partial charge in [0.25, 0.3) is 15.9 Å². The Balaban J connectivity index is 1.83. The maximum Gasteiger partial charge on any atom is 0.264 e. The summed E-state index contributed by atoms with van der Waals surface area (Å²) in [5, 5.41) is 4.00. The van der Waals surface area contributed by atoms with Gasteiger partial charge in [0.05, 0.1) is 16.8 Å². The van der Waals surface area contributed by atoms with Gasteiger partial charge >= 0.3 is 0 Å². The Morgan fingerprint density at radius 3 is 2.24 bits per heavy atom. The number of sulfonamides is 1. The zero-order valence-electron chi connectivity index (χ0n) is 19.2. The maximum atomic E-state index is 13.4. The number of carbonyl (C=O) groups excluding carboxylic acids is 1. The second-order valence-corrected chi connectivity index (χ2v) is 9.69. The van der Waals surface area contributed by atoms with Crippen LogP contribution >= 0.6 is 0 Å². The normalized spacial score (nSPS) is 11.4. The van der Waals surface area contributed by atoms with E-state index in [0.717, 1.165) is 26.7 Å². The Morgan fingerprint density at radius 2 is 1.61 bits per heavy atom. The minimum absolute atomic E-state index is 0.114. The van der Waals surface area contributed by atoms with Gasteiger partial charge in [-0.3, -0.25) is 9.10 Å². The molecule has 8 heteroatoms. The largest absolute Gasteiger partial charge is 0.378 e. The van der Waals surface area contributed by atoms with Crippen LogP contribution in [0.15, 0.2) is 82.8 Å². The van der Waals surface area contributed by atoms with E-state index in [0.29, 0.717) is 5.69 Å². The Labute approximate surface area is 195 Å². The van der Waals surface area contributed by atoms with Crippen molar-refractivity contribution in [3.05, 3.63) is 89.5 Å². The average molecular weight is 465 g/mol. The number of nitrogens with zero attached hydrogens (tertiary/aromatic N) is 3. The fourth-order valence-corrected chi connectivity index (χ4v) is 4.73. The minimum atomic E-state index is -3.96. The van der Waals surface area contributed by atoms with E-state index < -0.39 is 22.5 Å². The first-order valence-electron chi connectivity index (χ1n) is 10.4. The van der Waals surface area contributed by atoms with Crippen LogP contribution in [0, 0.1) is 13.8 Å². The van der Waals surface area contributed by atoms with Crippen LogP contribution < -0.4 is 14.6 Å². The van der Waals surface area contributed by atoms with E-state index in [2.05, 4.69) is 10.5 Å². The number of anilines is 2. The van der Waals surface area contributed by atoms with Crippen LogP contribution in [0.5, 0.6) is 0 Å². The minimum Gasteiger partial charge on any atom is -0.378 e. The molecular weight excluding hydrogens is 436 g/mol. The molecule has 1 N–H and O–H groups in total. The van der Waals surface area contributed by atoms with Crippen molar-refractivity contribution in [2.75, 3.05) is 29.8 Å². The van der Waals surface area contributed by atoms with Gasteiger partial charge in [0.2, 0.25) is 0 Å². The predicted octanol–water partition coefficient (Wildman–Crippen LogP) is 3.72. The van der Waals surface area contributed by atoms with Gasteiger partial charge in [0.15, 0.2) is 0 Å². The molecule has 0 bridgehead atoms. The van der Waals surface area contributed by atoms with Crippen LogP contribution in [0.3, 0.4) is 0 Å². The summed E-state index contributed by atoms with van der Waals surface area (Å²) in [7, 11) is -0.0568. The molecule has 33 heavy (non-hydrogen) atoms. The highest BCUT2D eigenvalue weighted by atomic mass is 32.2. The van der Waals surface area contributed by atoms with Crippen molar-refractivity contribution in [3.8, 4) is 0 Å². The Hall–Kier alpha value is -3.65. The number of nitrogens with one attached hydrogen (secondary N) is 1. The van der Waals surface area contributed by atoms with E-state index in [1.165, 1.54) is 18.3 Å². The third kappa shape index (κ3) is 5.78. The molecule has 3 aromatic carbocycles. The van der Waals surface area contributed by atoms with E-state index in [9.17, 15) is 13.2 Å². The van der Waals surface area contributed by atoms with Crippen molar-refractivity contribution < 1.29 is 13.2 Å². The predicted molar refractivity (Wildman–Crippen MR) is 133 cm³/mol. The Bertz CT molecular complexity index is 1240. The molecule has 3 rings (SSSR count). The lowest BCUT2D eigenvalue weighted by molar-refractivity contribution is -0.119. The van der Waals surface area contributed by atoms with Crippen LogP contribution in [0.1, 0.15) is 16.7 Å². The molecule has 1 amide bonds. The molecule has 0 heterocycles. The number of aryl methyl sites for hydroxylation is 1. The molecule has 0 saturated heterocycles. The van der Waals surface area contributed by atoms with Gasteiger partial charge in [-0.2, -0.15) is 5.10 Å². The maximum absolute atomic E-state index is 13.4. The average Bonchev–Trinajstić information content (AvgIpc) is 2.80. The third-order valence-corrected chi connectivity index (χ3v) is 7.05. The van der Waals surface area contributed by atoms with Gasteiger partial charge in [-0.25, -0.2) is 13.8 Å². The molecule has 0 spiro atoms. The highest BCUT2D eigenvalue weighted by Crippen LogP contribution is 2.28. The second kappa shape index (κ2) is 10.3. The van der Waals surface area contributed by atoms with E-state index in [1.807, 2.05) is 63.2 Å². The zero-order chi connectivity index (χ0) is 24.0. The van der Waals surface area contributed by atoms with Gasteiger partial charge < -0.3 is 4.90 Å². The number of hydrogen-bond donors (Lipinski definition) is 1. The molecule has 0 atom stereocenters. The van der Waals surface area contributed by atoms with Crippen LogP contribution in [0.4, 0.5) is 11.4 Å². The zero-order valence-corrected chi connectivity index (χ0v) is 20.0. The molecule has 0 aliphatic carbocycles. The molecule has 0 aliphatic rings. The number of hydrogen-bond acceptors (Lipinski definition) is 5. The van der Waals surface area contributed by atoms with E-state index in [1.54, 1.807) is 30.3 Å². The molecule has 3 aromatic rings. The smallest absolute Gasteiger partial charge is 0.264 e. The number of carbonyl (C=O) groups is 1. The highest BCUT2D eigenvalue weighted by Gasteiger charge is 2.28. The standard InChI is InChI=1S/C25H28N4O3S/c1-19-9-8-12-24(20(19)2)29(33(31,32)23-10-6-5-7-11-23)18-25(30)27-26-17-21-13-15-22(16-14-21)28(3)4/h5-17H,18H2,1-4H3,(H,27,30)/b26-17-. The van der Waals surface area contributed by atoms with Gasteiger partial charge in [-0.1, -0.05) is 42.5 Å². The first-order valence-corrected chi connectivity index (χ1v) is 11.9. The molecule has 0 saturated carbocycles. The quantitative estimate of drug-likeness (QED) is 0.407. The molecular formula is C25H28N4O3S. The van der Waals surface area contributed by atoms with Gasteiger partial charge in [-0.05, 0) is 60.9 Å². The van der Waals surface area contributed by atoms with E-state index in [-0.39, 0.29) is 4.90 Å². The van der Waals surface area contributed by atoms with Gasteiger partial charge in [0, 0.05) is 19.8 Å². The van der Waals surface area contributed by atoms with E-state index in [4.69, 9.17) is 0 Å². The topological polar surface area (TPSA) is 82.1 Å². The summed E-state index contributed by atoms with van der Waals surface area (Å²) in [6.07, 6.45) is 1.52. The second-order valence-electron chi connectivity index (χ2n) is 7.82. The van der Waals surface area contributed by atoms with E-state index >= 15 is 0 Å². The molecule has 0 aromatic heterocycles. The van der Waals surface area contributed by atoms with Crippen molar-refractivity contribution in [2.24, 2.45) is 5.10 Å². The Kier molecular flexibility index (Phi) is 7.50.